The van der Waals surface area contributed by atoms with Crippen molar-refractivity contribution < 1.29 is 4.42 Å². The van der Waals surface area contributed by atoms with Crippen LogP contribution in [0.5, 0.6) is 0 Å². The van der Waals surface area contributed by atoms with Crippen LogP contribution in [-0.2, 0) is 12.0 Å². The van der Waals surface area contributed by atoms with Crippen molar-refractivity contribution in [2.45, 2.75) is 42.9 Å². The maximum absolute atomic E-state index is 8.91. The molecule has 0 unspecified atom stereocenters. The molecule has 30 heavy (non-hydrogen) atoms. The van der Waals surface area contributed by atoms with Gasteiger partial charge in [-0.15, -0.1) is 20.4 Å². The van der Waals surface area contributed by atoms with Crippen molar-refractivity contribution in [3.05, 3.63) is 71.8 Å². The van der Waals surface area contributed by atoms with E-state index in [1.807, 2.05) is 22.8 Å². The third kappa shape index (κ3) is 4.26. The smallest absolute Gasteiger partial charge is 0.198 e. The first-order valence-corrected chi connectivity index (χ1v) is 10.2. The summed E-state index contributed by atoms with van der Waals surface area (Å²) in [6, 6.07) is 17.5. The second-order valence-corrected chi connectivity index (χ2v) is 8.76. The Morgan fingerprint density at radius 2 is 1.80 bits per heavy atom. The Hall–Kier alpha value is -3.44. The Balaban J connectivity index is 1.70. The number of hydrogen-bond donors (Lipinski definition) is 0. The summed E-state index contributed by atoms with van der Waals surface area (Å²) in [5.74, 6) is 1.55. The number of hydrogen-bond acceptors (Lipinski definition) is 7. The normalized spacial score (nSPS) is 11.4. The molecule has 1 aromatic carbocycles. The summed E-state index contributed by atoms with van der Waals surface area (Å²) < 4.78 is 7.54. The second kappa shape index (κ2) is 8.13. The second-order valence-electron chi connectivity index (χ2n) is 7.77. The standard InChI is InChI=1S/C22H20N6OS/c1-22(2,3)16-8-6-15(7-9-16)20-26-27-21(28(20)14-18-5-4-12-29-18)30-19-11-10-17(13-23)24-25-19/h4-12H,14H2,1-3H3. The first-order chi connectivity index (χ1) is 14.4. The van der Waals surface area contributed by atoms with Crippen LogP contribution in [-0.4, -0.2) is 25.0 Å². The highest BCUT2D eigenvalue weighted by molar-refractivity contribution is 7.99. The van der Waals surface area contributed by atoms with E-state index in [0.717, 1.165) is 17.1 Å². The van der Waals surface area contributed by atoms with E-state index in [9.17, 15) is 0 Å². The van der Waals surface area contributed by atoms with Gasteiger partial charge in [-0.2, -0.15) is 5.26 Å². The van der Waals surface area contributed by atoms with Gasteiger partial charge in [0.1, 0.15) is 16.9 Å². The molecule has 0 saturated heterocycles. The molecule has 0 spiro atoms. The predicted octanol–water partition coefficient (Wildman–Crippen LogP) is 4.70. The summed E-state index contributed by atoms with van der Waals surface area (Å²) in [6.07, 6.45) is 1.65. The third-order valence-corrected chi connectivity index (χ3v) is 5.48. The van der Waals surface area contributed by atoms with Crippen LogP contribution >= 0.6 is 11.8 Å². The number of benzene rings is 1. The summed E-state index contributed by atoms with van der Waals surface area (Å²) in [4.78, 5) is 0. The average Bonchev–Trinajstić information content (AvgIpc) is 3.39. The molecule has 7 nitrogen and oxygen atoms in total. The lowest BCUT2D eigenvalue weighted by molar-refractivity contribution is 0.485. The number of aromatic nitrogens is 5. The van der Waals surface area contributed by atoms with Crippen molar-refractivity contribution >= 4 is 11.8 Å². The lowest BCUT2D eigenvalue weighted by Crippen LogP contribution is -2.10. The Bertz CT molecular complexity index is 1170. The van der Waals surface area contributed by atoms with Gasteiger partial charge in [0, 0.05) is 5.56 Å². The van der Waals surface area contributed by atoms with E-state index >= 15 is 0 Å². The fourth-order valence-electron chi connectivity index (χ4n) is 2.93. The van der Waals surface area contributed by atoms with E-state index in [1.54, 1.807) is 18.4 Å². The van der Waals surface area contributed by atoms with Crippen molar-refractivity contribution in [1.82, 2.24) is 25.0 Å². The van der Waals surface area contributed by atoms with Gasteiger partial charge < -0.3 is 4.42 Å². The Labute approximate surface area is 178 Å². The summed E-state index contributed by atoms with van der Waals surface area (Å²) in [7, 11) is 0. The number of rotatable bonds is 5. The number of nitrogens with zero attached hydrogens (tertiary/aromatic N) is 6. The van der Waals surface area contributed by atoms with Crippen molar-refractivity contribution in [3.63, 3.8) is 0 Å². The monoisotopic (exact) mass is 416 g/mol. The first kappa shape index (κ1) is 19.9. The number of furan rings is 1. The minimum Gasteiger partial charge on any atom is -0.467 e. The lowest BCUT2D eigenvalue weighted by Gasteiger charge is -2.19. The minimum absolute atomic E-state index is 0.0790. The van der Waals surface area contributed by atoms with Crippen molar-refractivity contribution in [2.24, 2.45) is 0 Å². The SMILES string of the molecule is CC(C)(C)c1ccc(-c2nnc(Sc3ccc(C#N)nn3)n2Cc2ccco2)cc1. The van der Waals surface area contributed by atoms with Gasteiger partial charge in [0.15, 0.2) is 16.7 Å². The van der Waals surface area contributed by atoms with Crippen molar-refractivity contribution in [2.75, 3.05) is 0 Å². The highest BCUT2D eigenvalue weighted by Gasteiger charge is 2.19. The van der Waals surface area contributed by atoms with Crippen molar-refractivity contribution in [1.29, 1.82) is 5.26 Å². The van der Waals surface area contributed by atoms with E-state index in [1.165, 1.54) is 17.3 Å². The molecule has 0 aliphatic carbocycles. The molecule has 0 aliphatic rings. The molecular weight excluding hydrogens is 396 g/mol. The summed E-state index contributed by atoms with van der Waals surface area (Å²) >= 11 is 1.34. The largest absolute Gasteiger partial charge is 0.467 e. The van der Waals surface area contributed by atoms with Gasteiger partial charge in [-0.1, -0.05) is 45.0 Å². The predicted molar refractivity (Wildman–Crippen MR) is 113 cm³/mol. The van der Waals surface area contributed by atoms with Crippen LogP contribution in [0.4, 0.5) is 0 Å². The van der Waals surface area contributed by atoms with E-state index < -0.39 is 0 Å². The van der Waals surface area contributed by atoms with Gasteiger partial charge >= 0.3 is 0 Å². The van der Waals surface area contributed by atoms with Gasteiger partial charge in [0.05, 0.1) is 12.8 Å². The average molecular weight is 417 g/mol. The van der Waals surface area contributed by atoms with Crippen LogP contribution in [0.2, 0.25) is 0 Å². The van der Waals surface area contributed by atoms with Gasteiger partial charge in [-0.3, -0.25) is 4.57 Å². The van der Waals surface area contributed by atoms with Crippen LogP contribution in [0.3, 0.4) is 0 Å². The molecule has 150 valence electrons. The Kier molecular flexibility index (Phi) is 5.38. The third-order valence-electron chi connectivity index (χ3n) is 4.57. The molecule has 4 aromatic rings. The molecule has 0 fully saturated rings. The van der Waals surface area contributed by atoms with Gasteiger partial charge in [0.25, 0.3) is 0 Å². The molecular formula is C22H20N6OS. The minimum atomic E-state index is 0.0790. The van der Waals surface area contributed by atoms with Crippen LogP contribution in [0, 0.1) is 11.3 Å². The van der Waals surface area contributed by atoms with Crippen molar-refractivity contribution in [3.8, 4) is 17.5 Å². The molecule has 0 N–H and O–H groups in total. The fourth-order valence-corrected chi connectivity index (χ4v) is 3.67. The maximum Gasteiger partial charge on any atom is 0.198 e. The van der Waals surface area contributed by atoms with Gasteiger partial charge in [-0.05, 0) is 47.0 Å². The molecule has 0 bridgehead atoms. The zero-order valence-corrected chi connectivity index (χ0v) is 17.7. The zero-order chi connectivity index (χ0) is 21.1. The molecule has 0 atom stereocenters. The topological polar surface area (TPSA) is 93.4 Å². The molecule has 0 aliphatic heterocycles. The van der Waals surface area contributed by atoms with E-state index in [2.05, 4.69) is 65.4 Å². The zero-order valence-electron chi connectivity index (χ0n) is 16.9. The van der Waals surface area contributed by atoms with Crippen LogP contribution in [0.25, 0.3) is 11.4 Å². The van der Waals surface area contributed by atoms with Crippen LogP contribution in [0.15, 0.2) is 69.4 Å². The molecule has 3 heterocycles. The highest BCUT2D eigenvalue weighted by Crippen LogP contribution is 2.30. The Morgan fingerprint density at radius 3 is 2.40 bits per heavy atom. The molecule has 0 amide bonds. The van der Waals surface area contributed by atoms with Crippen LogP contribution < -0.4 is 0 Å². The summed E-state index contributed by atoms with van der Waals surface area (Å²) in [5, 5.41) is 27.0. The lowest BCUT2D eigenvalue weighted by atomic mass is 9.87. The van der Waals surface area contributed by atoms with E-state index in [0.29, 0.717) is 16.7 Å². The van der Waals surface area contributed by atoms with Crippen LogP contribution in [0.1, 0.15) is 37.8 Å². The van der Waals surface area contributed by atoms with Gasteiger partial charge in [-0.25, -0.2) is 0 Å². The molecule has 4 rings (SSSR count). The number of nitriles is 1. The Morgan fingerprint density at radius 1 is 1.00 bits per heavy atom. The first-order valence-electron chi connectivity index (χ1n) is 9.42. The van der Waals surface area contributed by atoms with Gasteiger partial charge in [0.2, 0.25) is 0 Å². The van der Waals surface area contributed by atoms with E-state index in [4.69, 9.17) is 9.68 Å². The summed E-state index contributed by atoms with van der Waals surface area (Å²) in [6.45, 7) is 7.06. The summed E-state index contributed by atoms with van der Waals surface area (Å²) in [5.41, 5.74) is 2.58. The van der Waals surface area contributed by atoms with E-state index in [-0.39, 0.29) is 11.1 Å². The highest BCUT2D eigenvalue weighted by atomic mass is 32.2. The molecule has 8 heteroatoms. The molecule has 3 aromatic heterocycles. The molecule has 0 radical (unpaired) electrons. The molecule has 0 saturated carbocycles. The fraction of sp³-hybridized carbons (Fsp3) is 0.227. The quantitative estimate of drug-likeness (QED) is 0.465. The maximum atomic E-state index is 8.91.